The molecule has 0 fully saturated rings. The van der Waals surface area contributed by atoms with Crippen LogP contribution in [0.4, 0.5) is 0 Å². The predicted octanol–water partition coefficient (Wildman–Crippen LogP) is -0.0625. The average Bonchev–Trinajstić information content (AvgIpc) is 2.17. The Hall–Kier alpha value is 0.0300. The maximum Gasteiger partial charge on any atom is 0.473 e. The first-order valence-corrected chi connectivity index (χ1v) is 4.73. The molecule has 0 saturated heterocycles. The first kappa shape index (κ1) is 14.5. The Morgan fingerprint density at radius 3 is 1.25 bits per heavy atom. The molecule has 0 aliphatic heterocycles. The van der Waals surface area contributed by atoms with Gasteiger partial charge in [0.2, 0.25) is 0 Å². The van der Waals surface area contributed by atoms with Gasteiger partial charge in [-0.3, -0.25) is 13.6 Å². The molecule has 0 spiro atoms. The summed E-state index contributed by atoms with van der Waals surface area (Å²) in [6, 6.07) is 0. The van der Waals surface area contributed by atoms with E-state index >= 15 is 0 Å². The molecule has 0 aliphatic carbocycles. The molecular formula is C5H17N2O4P. The van der Waals surface area contributed by atoms with Gasteiger partial charge < -0.3 is 11.5 Å². The largest absolute Gasteiger partial charge is 0.473 e. The minimum Gasteiger partial charge on any atom is -0.329 e. The van der Waals surface area contributed by atoms with E-state index in [1.54, 1.807) is 0 Å². The summed E-state index contributed by atoms with van der Waals surface area (Å²) in [5.41, 5.74) is 9.81. The van der Waals surface area contributed by atoms with E-state index in [0.29, 0.717) is 13.1 Å². The van der Waals surface area contributed by atoms with Crippen molar-refractivity contribution in [3.05, 3.63) is 0 Å². The van der Waals surface area contributed by atoms with E-state index in [4.69, 9.17) is 11.5 Å². The van der Waals surface area contributed by atoms with Crippen LogP contribution in [0, 0.1) is 0 Å². The van der Waals surface area contributed by atoms with Gasteiger partial charge in [0.05, 0.1) is 0 Å². The van der Waals surface area contributed by atoms with Gasteiger partial charge in [-0.25, -0.2) is 4.57 Å². The highest BCUT2D eigenvalue weighted by molar-refractivity contribution is 7.48. The second kappa shape index (κ2) is 9.12. The first-order valence-electron chi connectivity index (χ1n) is 3.27. The number of phosphoric ester groups is 1. The van der Waals surface area contributed by atoms with E-state index in [2.05, 4.69) is 13.6 Å². The fourth-order valence-corrected chi connectivity index (χ4v) is 0.671. The number of phosphoric acid groups is 1. The monoisotopic (exact) mass is 200 g/mol. The number of hydrogen-bond acceptors (Lipinski definition) is 6. The minimum absolute atomic E-state index is 0.597. The van der Waals surface area contributed by atoms with E-state index < -0.39 is 7.82 Å². The van der Waals surface area contributed by atoms with E-state index in [0.717, 1.165) is 0 Å². The van der Waals surface area contributed by atoms with Crippen molar-refractivity contribution in [2.75, 3.05) is 34.4 Å². The van der Waals surface area contributed by atoms with Gasteiger partial charge in [-0.2, -0.15) is 0 Å². The third-order valence-electron chi connectivity index (χ3n) is 0.837. The highest BCUT2D eigenvalue weighted by Gasteiger charge is 2.18. The van der Waals surface area contributed by atoms with E-state index in [-0.39, 0.29) is 0 Å². The molecule has 0 rings (SSSR count). The molecule has 4 N–H and O–H groups in total. The lowest BCUT2D eigenvalue weighted by Crippen LogP contribution is -2.11. The van der Waals surface area contributed by atoms with Gasteiger partial charge in [0, 0.05) is 34.4 Å². The molecule has 0 bridgehead atoms. The van der Waals surface area contributed by atoms with Crippen LogP contribution in [0.1, 0.15) is 0 Å². The Morgan fingerprint density at radius 1 is 1.00 bits per heavy atom. The van der Waals surface area contributed by atoms with Crippen LogP contribution < -0.4 is 11.5 Å². The second-order valence-corrected chi connectivity index (χ2v) is 3.56. The zero-order valence-electron chi connectivity index (χ0n) is 7.65. The van der Waals surface area contributed by atoms with Crippen LogP contribution in [0.2, 0.25) is 0 Å². The van der Waals surface area contributed by atoms with Gasteiger partial charge in [0.1, 0.15) is 0 Å². The normalized spacial score (nSPS) is 10.4. The van der Waals surface area contributed by atoms with Crippen LogP contribution in [0.15, 0.2) is 0 Å². The fourth-order valence-electron chi connectivity index (χ4n) is 0.224. The van der Waals surface area contributed by atoms with Crippen molar-refractivity contribution in [1.82, 2.24) is 0 Å². The highest BCUT2D eigenvalue weighted by Crippen LogP contribution is 2.46. The summed E-state index contributed by atoms with van der Waals surface area (Å²) in [5.74, 6) is 0. The van der Waals surface area contributed by atoms with Gasteiger partial charge >= 0.3 is 7.82 Å². The van der Waals surface area contributed by atoms with Crippen molar-refractivity contribution >= 4 is 7.82 Å². The summed E-state index contributed by atoms with van der Waals surface area (Å²) in [6.45, 7) is 1.19. The molecule has 12 heavy (non-hydrogen) atoms. The van der Waals surface area contributed by atoms with Crippen LogP contribution in [0.3, 0.4) is 0 Å². The third-order valence-corrected chi connectivity index (χ3v) is 2.18. The molecule has 0 aromatic heterocycles. The molecule has 0 aromatic carbocycles. The maximum absolute atomic E-state index is 10.7. The van der Waals surface area contributed by atoms with Crippen molar-refractivity contribution in [3.8, 4) is 0 Å². The number of hydrogen-bond donors (Lipinski definition) is 2. The zero-order valence-corrected chi connectivity index (χ0v) is 8.54. The van der Waals surface area contributed by atoms with Gasteiger partial charge in [-0.05, 0) is 0 Å². The highest BCUT2D eigenvalue weighted by atomic mass is 31.2. The standard InChI is InChI=1S/C3H9O4P.C2H8N2/c1-5-8(4,6-2)7-3;3-1-2-4/h1-3H3;1-4H2. The Labute approximate surface area is 72.8 Å². The van der Waals surface area contributed by atoms with Crippen LogP contribution in [-0.2, 0) is 18.1 Å². The van der Waals surface area contributed by atoms with Gasteiger partial charge in [0.25, 0.3) is 0 Å². The Bertz CT molecular complexity index is 112. The lowest BCUT2D eigenvalue weighted by atomic mass is 10.7. The molecule has 7 heteroatoms. The number of nitrogens with two attached hydrogens (primary N) is 2. The Balaban J connectivity index is 0. The van der Waals surface area contributed by atoms with Crippen molar-refractivity contribution in [1.29, 1.82) is 0 Å². The topological polar surface area (TPSA) is 96.8 Å². The molecule has 6 nitrogen and oxygen atoms in total. The molecule has 0 amide bonds. The summed E-state index contributed by atoms with van der Waals surface area (Å²) in [4.78, 5) is 0. The molecule has 0 saturated carbocycles. The molecule has 0 unspecified atom stereocenters. The molecular weight excluding hydrogens is 183 g/mol. The molecule has 0 atom stereocenters. The second-order valence-electron chi connectivity index (χ2n) is 1.57. The van der Waals surface area contributed by atoms with Crippen molar-refractivity contribution in [2.45, 2.75) is 0 Å². The quantitative estimate of drug-likeness (QED) is 0.617. The minimum atomic E-state index is -3.16. The van der Waals surface area contributed by atoms with Crippen molar-refractivity contribution in [3.63, 3.8) is 0 Å². The molecule has 0 aliphatic rings. The predicted molar refractivity (Wildman–Crippen MR) is 46.7 cm³/mol. The zero-order chi connectivity index (χ0) is 10.0. The molecule has 76 valence electrons. The molecule has 0 radical (unpaired) electrons. The van der Waals surface area contributed by atoms with Gasteiger partial charge in [-0.15, -0.1) is 0 Å². The van der Waals surface area contributed by atoms with Crippen molar-refractivity contribution in [2.24, 2.45) is 11.5 Å². The van der Waals surface area contributed by atoms with Crippen LogP contribution in [0.25, 0.3) is 0 Å². The van der Waals surface area contributed by atoms with Crippen LogP contribution in [0.5, 0.6) is 0 Å². The Kier molecular flexibility index (Phi) is 11.1. The first-order chi connectivity index (χ1) is 5.60. The van der Waals surface area contributed by atoms with Gasteiger partial charge in [0.15, 0.2) is 0 Å². The van der Waals surface area contributed by atoms with Gasteiger partial charge in [-0.1, -0.05) is 0 Å². The SMILES string of the molecule is COP(=O)(OC)OC.NCCN. The lowest BCUT2D eigenvalue weighted by Gasteiger charge is -2.08. The summed E-state index contributed by atoms with van der Waals surface area (Å²) < 4.78 is 23.7. The van der Waals surface area contributed by atoms with Crippen molar-refractivity contribution < 1.29 is 18.1 Å². The summed E-state index contributed by atoms with van der Waals surface area (Å²) in [7, 11) is 0.611. The van der Waals surface area contributed by atoms with Crippen LogP contribution >= 0.6 is 7.82 Å². The smallest absolute Gasteiger partial charge is 0.329 e. The molecule has 0 aromatic rings. The molecule has 0 heterocycles. The third kappa shape index (κ3) is 8.13. The van der Waals surface area contributed by atoms with E-state index in [1.165, 1.54) is 21.3 Å². The average molecular weight is 200 g/mol. The summed E-state index contributed by atoms with van der Waals surface area (Å²) in [6.07, 6.45) is 0. The fraction of sp³-hybridized carbons (Fsp3) is 1.00. The van der Waals surface area contributed by atoms with E-state index in [1.807, 2.05) is 0 Å². The van der Waals surface area contributed by atoms with E-state index in [9.17, 15) is 4.57 Å². The number of rotatable bonds is 4. The maximum atomic E-state index is 10.7. The Morgan fingerprint density at radius 2 is 1.25 bits per heavy atom. The van der Waals surface area contributed by atoms with Crippen LogP contribution in [-0.4, -0.2) is 34.4 Å². The summed E-state index contributed by atoms with van der Waals surface area (Å²) >= 11 is 0. The summed E-state index contributed by atoms with van der Waals surface area (Å²) in [5, 5.41) is 0. The lowest BCUT2D eigenvalue weighted by molar-refractivity contribution is 0.178.